The molecule has 0 radical (unpaired) electrons. The van der Waals surface area contributed by atoms with Gasteiger partial charge in [0.25, 0.3) is 0 Å². The molecule has 1 aliphatic rings. The maximum Gasteiger partial charge on any atom is 0.219 e. The SMILES string of the molecule is CC(=O)N1CCOC(C)(c2[nH]ncc2C)C1. The van der Waals surface area contributed by atoms with Crippen LogP contribution < -0.4 is 0 Å². The maximum absolute atomic E-state index is 11.4. The van der Waals surface area contributed by atoms with Crippen LogP contribution in [0, 0.1) is 6.92 Å². The highest BCUT2D eigenvalue weighted by Crippen LogP contribution is 2.29. The highest BCUT2D eigenvalue weighted by molar-refractivity contribution is 5.73. The minimum absolute atomic E-state index is 0.0895. The predicted octanol–water partition coefficient (Wildman–Crippen LogP) is 0.812. The topological polar surface area (TPSA) is 58.2 Å². The van der Waals surface area contributed by atoms with Gasteiger partial charge in [-0.15, -0.1) is 0 Å². The first kappa shape index (κ1) is 11.1. The third kappa shape index (κ3) is 1.82. The van der Waals surface area contributed by atoms with Gasteiger partial charge in [-0.05, 0) is 19.4 Å². The van der Waals surface area contributed by atoms with E-state index >= 15 is 0 Å². The number of hydrogen-bond acceptors (Lipinski definition) is 3. The van der Waals surface area contributed by atoms with E-state index in [9.17, 15) is 4.79 Å². The summed E-state index contributed by atoms with van der Waals surface area (Å²) in [6.07, 6.45) is 1.77. The first-order valence-corrected chi connectivity index (χ1v) is 5.43. The van der Waals surface area contributed by atoms with E-state index < -0.39 is 5.60 Å². The normalized spacial score (nSPS) is 25.8. The van der Waals surface area contributed by atoms with E-state index in [1.54, 1.807) is 13.1 Å². The molecule has 0 aromatic carbocycles. The minimum atomic E-state index is -0.468. The summed E-state index contributed by atoms with van der Waals surface area (Å²) in [6, 6.07) is 0. The lowest BCUT2D eigenvalue weighted by molar-refractivity contribution is -0.148. The van der Waals surface area contributed by atoms with Crippen molar-refractivity contribution in [2.45, 2.75) is 26.4 Å². The van der Waals surface area contributed by atoms with Crippen LogP contribution in [-0.4, -0.2) is 40.7 Å². The Balaban J connectivity index is 2.25. The van der Waals surface area contributed by atoms with E-state index in [1.807, 2.05) is 18.7 Å². The van der Waals surface area contributed by atoms with Crippen molar-refractivity contribution < 1.29 is 9.53 Å². The molecule has 1 aliphatic heterocycles. The third-order valence-electron chi connectivity index (χ3n) is 3.08. The molecule has 0 aliphatic carbocycles. The van der Waals surface area contributed by atoms with Crippen molar-refractivity contribution in [2.75, 3.05) is 19.7 Å². The first-order valence-electron chi connectivity index (χ1n) is 5.43. The lowest BCUT2D eigenvalue weighted by Gasteiger charge is -2.39. The standard InChI is InChI=1S/C11H17N3O2/c1-8-6-12-13-10(8)11(3)7-14(9(2)15)4-5-16-11/h6H,4-5,7H2,1-3H3,(H,12,13). The Morgan fingerprint density at radius 3 is 3.00 bits per heavy atom. The maximum atomic E-state index is 11.4. The summed E-state index contributed by atoms with van der Waals surface area (Å²) in [5.41, 5.74) is 1.55. The Bertz CT molecular complexity index is 402. The van der Waals surface area contributed by atoms with Gasteiger partial charge in [0, 0.05) is 13.5 Å². The fraction of sp³-hybridized carbons (Fsp3) is 0.636. The van der Waals surface area contributed by atoms with E-state index in [1.165, 1.54) is 0 Å². The summed E-state index contributed by atoms with van der Waals surface area (Å²) in [5.74, 6) is 0.0895. The molecule has 16 heavy (non-hydrogen) atoms. The van der Waals surface area contributed by atoms with Crippen molar-refractivity contribution in [3.8, 4) is 0 Å². The quantitative estimate of drug-likeness (QED) is 0.766. The van der Waals surface area contributed by atoms with E-state index in [0.29, 0.717) is 19.7 Å². The minimum Gasteiger partial charge on any atom is -0.365 e. The van der Waals surface area contributed by atoms with Gasteiger partial charge in [0.05, 0.1) is 25.0 Å². The van der Waals surface area contributed by atoms with Crippen LogP contribution in [0.4, 0.5) is 0 Å². The smallest absolute Gasteiger partial charge is 0.219 e. The molecular weight excluding hydrogens is 206 g/mol. The molecule has 88 valence electrons. The highest BCUT2D eigenvalue weighted by Gasteiger charge is 2.37. The van der Waals surface area contributed by atoms with Gasteiger partial charge < -0.3 is 9.64 Å². The molecule has 1 aromatic heterocycles. The zero-order chi connectivity index (χ0) is 11.8. The number of carbonyl (C=O) groups is 1. The number of hydrogen-bond donors (Lipinski definition) is 1. The number of amides is 1. The Morgan fingerprint density at radius 2 is 2.44 bits per heavy atom. The van der Waals surface area contributed by atoms with E-state index in [2.05, 4.69) is 10.2 Å². The van der Waals surface area contributed by atoms with Crippen LogP contribution in [0.2, 0.25) is 0 Å². The molecule has 1 N–H and O–H groups in total. The number of ether oxygens (including phenoxy) is 1. The molecule has 1 fully saturated rings. The number of carbonyl (C=O) groups excluding carboxylic acids is 1. The Morgan fingerprint density at radius 1 is 1.69 bits per heavy atom. The summed E-state index contributed by atoms with van der Waals surface area (Å²) in [5, 5.41) is 6.97. The van der Waals surface area contributed by atoms with Crippen LogP contribution in [0.3, 0.4) is 0 Å². The molecule has 5 heteroatoms. The molecular formula is C11H17N3O2. The van der Waals surface area contributed by atoms with Crippen molar-refractivity contribution >= 4 is 5.91 Å². The number of aryl methyl sites for hydroxylation is 1. The van der Waals surface area contributed by atoms with Crippen LogP contribution in [-0.2, 0) is 15.1 Å². The van der Waals surface area contributed by atoms with Crippen LogP contribution in [0.25, 0.3) is 0 Å². The summed E-state index contributed by atoms with van der Waals surface area (Å²) in [6.45, 7) is 7.37. The Hall–Kier alpha value is -1.36. The van der Waals surface area contributed by atoms with Gasteiger partial charge in [-0.1, -0.05) is 0 Å². The molecule has 2 rings (SSSR count). The fourth-order valence-corrected chi connectivity index (χ4v) is 2.17. The molecule has 0 bridgehead atoms. The fourth-order valence-electron chi connectivity index (χ4n) is 2.17. The van der Waals surface area contributed by atoms with Crippen molar-refractivity contribution in [3.63, 3.8) is 0 Å². The lowest BCUT2D eigenvalue weighted by atomic mass is 9.97. The van der Waals surface area contributed by atoms with Crippen LogP contribution >= 0.6 is 0 Å². The number of nitrogens with one attached hydrogen (secondary N) is 1. The summed E-state index contributed by atoms with van der Waals surface area (Å²) >= 11 is 0. The highest BCUT2D eigenvalue weighted by atomic mass is 16.5. The lowest BCUT2D eigenvalue weighted by Crippen LogP contribution is -2.50. The molecule has 0 saturated carbocycles. The van der Waals surface area contributed by atoms with Crippen LogP contribution in [0.15, 0.2) is 6.20 Å². The van der Waals surface area contributed by atoms with E-state index in [-0.39, 0.29) is 5.91 Å². The first-order chi connectivity index (χ1) is 7.53. The summed E-state index contributed by atoms with van der Waals surface area (Å²) < 4.78 is 5.81. The number of nitrogens with zero attached hydrogens (tertiary/aromatic N) is 2. The molecule has 1 atom stereocenters. The zero-order valence-corrected chi connectivity index (χ0v) is 9.91. The van der Waals surface area contributed by atoms with Gasteiger partial charge in [-0.2, -0.15) is 5.10 Å². The predicted molar refractivity (Wildman–Crippen MR) is 58.9 cm³/mol. The van der Waals surface area contributed by atoms with Crippen molar-refractivity contribution in [2.24, 2.45) is 0 Å². The van der Waals surface area contributed by atoms with Gasteiger partial charge >= 0.3 is 0 Å². The summed E-state index contributed by atoms with van der Waals surface area (Å²) in [4.78, 5) is 13.2. The molecule has 1 aromatic rings. The molecule has 1 unspecified atom stereocenters. The molecule has 0 spiro atoms. The average Bonchev–Trinajstić information content (AvgIpc) is 2.65. The van der Waals surface area contributed by atoms with E-state index in [0.717, 1.165) is 11.3 Å². The second-order valence-corrected chi connectivity index (χ2v) is 4.45. The van der Waals surface area contributed by atoms with Gasteiger partial charge in [0.15, 0.2) is 0 Å². The third-order valence-corrected chi connectivity index (χ3v) is 3.08. The average molecular weight is 223 g/mol. The Labute approximate surface area is 94.8 Å². The monoisotopic (exact) mass is 223 g/mol. The second kappa shape index (κ2) is 3.90. The number of aromatic amines is 1. The van der Waals surface area contributed by atoms with Gasteiger partial charge in [0.1, 0.15) is 5.60 Å². The Kier molecular flexibility index (Phi) is 2.71. The van der Waals surface area contributed by atoms with Crippen LogP contribution in [0.1, 0.15) is 25.1 Å². The number of morpholine rings is 1. The zero-order valence-electron chi connectivity index (χ0n) is 9.91. The van der Waals surface area contributed by atoms with Crippen molar-refractivity contribution in [1.29, 1.82) is 0 Å². The van der Waals surface area contributed by atoms with E-state index in [4.69, 9.17) is 4.74 Å². The van der Waals surface area contributed by atoms with Gasteiger partial charge in [0.2, 0.25) is 5.91 Å². The second-order valence-electron chi connectivity index (χ2n) is 4.45. The molecule has 1 amide bonds. The van der Waals surface area contributed by atoms with Gasteiger partial charge in [-0.25, -0.2) is 0 Å². The molecule has 5 nitrogen and oxygen atoms in total. The van der Waals surface area contributed by atoms with Crippen molar-refractivity contribution in [1.82, 2.24) is 15.1 Å². The number of aromatic nitrogens is 2. The molecule has 1 saturated heterocycles. The molecule has 2 heterocycles. The number of H-pyrrole nitrogens is 1. The number of rotatable bonds is 1. The largest absolute Gasteiger partial charge is 0.365 e. The van der Waals surface area contributed by atoms with Gasteiger partial charge in [-0.3, -0.25) is 9.89 Å². The summed E-state index contributed by atoms with van der Waals surface area (Å²) in [7, 11) is 0. The van der Waals surface area contributed by atoms with Crippen LogP contribution in [0.5, 0.6) is 0 Å². The van der Waals surface area contributed by atoms with Crippen molar-refractivity contribution in [3.05, 3.63) is 17.5 Å².